The molecule has 2 atom stereocenters. The van der Waals surface area contributed by atoms with Gasteiger partial charge in [0, 0.05) is 6.42 Å². The van der Waals surface area contributed by atoms with Gasteiger partial charge in [-0.25, -0.2) is 0 Å². The molecule has 1 unspecified atom stereocenters. The number of carboxylic acid groups (broad SMARTS) is 1. The summed E-state index contributed by atoms with van der Waals surface area (Å²) >= 11 is 0. The maximum Gasteiger partial charge on any atom is 0.266 e. The fourth-order valence-corrected chi connectivity index (χ4v) is 2.41. The smallest absolute Gasteiger partial charge is 0.266 e. The molecular weight excluding hydrogens is 272 g/mol. The number of nitrogens with zero attached hydrogens (tertiary/aromatic N) is 3. The Morgan fingerprint density at radius 3 is 2.90 bits per heavy atom. The quantitative estimate of drug-likeness (QED) is 0.660. The van der Waals surface area contributed by atoms with Crippen molar-refractivity contribution in [1.29, 1.82) is 0 Å². The highest BCUT2D eigenvalue weighted by Crippen LogP contribution is 2.10. The van der Waals surface area contributed by atoms with Crippen molar-refractivity contribution in [2.45, 2.75) is 33.2 Å². The number of hydrogen-bond donors (Lipinski definition) is 1. The van der Waals surface area contributed by atoms with Gasteiger partial charge < -0.3 is 24.2 Å². The highest BCUT2D eigenvalue weighted by atomic mass is 16.5. The van der Waals surface area contributed by atoms with Crippen LogP contribution in [-0.4, -0.2) is 48.3 Å². The molecule has 1 N–H and O–H groups in total. The minimum absolute atomic E-state index is 0.344. The van der Waals surface area contributed by atoms with Crippen molar-refractivity contribution in [2.24, 2.45) is 0 Å². The van der Waals surface area contributed by atoms with Crippen LogP contribution in [0.15, 0.2) is 16.2 Å². The summed E-state index contributed by atoms with van der Waals surface area (Å²) in [6, 6.07) is -0.585. The normalized spacial score (nSPS) is 22.1. The second-order valence-corrected chi connectivity index (χ2v) is 5.55. The maximum atomic E-state index is 11.4. The van der Waals surface area contributed by atoms with Gasteiger partial charge in [0.1, 0.15) is 12.0 Å². The Hall–Kier alpha value is -1.89. The van der Waals surface area contributed by atoms with E-state index in [9.17, 15) is 9.90 Å². The summed E-state index contributed by atoms with van der Waals surface area (Å²) in [4.78, 5) is 18.5. The third-order valence-electron chi connectivity index (χ3n) is 3.70. The lowest BCUT2D eigenvalue weighted by atomic mass is 10.1. The second-order valence-electron chi connectivity index (χ2n) is 5.55. The van der Waals surface area contributed by atoms with Crippen LogP contribution in [-0.2, 0) is 11.2 Å². The Balaban J connectivity index is 2.07. The van der Waals surface area contributed by atoms with Crippen molar-refractivity contribution in [3.05, 3.63) is 17.5 Å². The molecule has 1 saturated heterocycles. The van der Waals surface area contributed by atoms with E-state index in [-0.39, 0.29) is 0 Å². The summed E-state index contributed by atoms with van der Waals surface area (Å²) in [6.07, 6.45) is 2.73. The molecule has 1 aromatic rings. The largest absolute Gasteiger partial charge is 0.544 e. The molecule has 116 valence electrons. The number of carbonyl (C=O) groups excluding carboxylic acids is 1. The predicted octanol–water partition coefficient (Wildman–Crippen LogP) is -1.58. The van der Waals surface area contributed by atoms with E-state index in [0.717, 1.165) is 4.90 Å². The summed E-state index contributed by atoms with van der Waals surface area (Å²) in [5, 5.41) is 15.3. The van der Waals surface area contributed by atoms with Gasteiger partial charge in [-0.15, -0.1) is 0 Å². The van der Waals surface area contributed by atoms with E-state index in [1.807, 2.05) is 25.7 Å². The van der Waals surface area contributed by atoms with Crippen molar-refractivity contribution in [3.63, 3.8) is 0 Å². The van der Waals surface area contributed by atoms with Crippen LogP contribution in [0, 0.1) is 0 Å². The SMILES string of the molecule is CCc1nc(N2CC[NH+](CC=C(C)C)[C@H](C(=O)[O-])C2)no1. The first kappa shape index (κ1) is 15.5. The zero-order valence-corrected chi connectivity index (χ0v) is 12.8. The molecule has 0 aliphatic carbocycles. The molecule has 7 heteroatoms. The molecule has 0 radical (unpaired) electrons. The Bertz CT molecular complexity index is 522. The summed E-state index contributed by atoms with van der Waals surface area (Å²) in [5.74, 6) is 0.00440. The molecule has 2 rings (SSSR count). The highest BCUT2D eigenvalue weighted by Gasteiger charge is 2.32. The third-order valence-corrected chi connectivity index (χ3v) is 3.70. The monoisotopic (exact) mass is 294 g/mol. The zero-order valence-electron chi connectivity index (χ0n) is 12.8. The molecule has 0 spiro atoms. The topological polar surface area (TPSA) is 86.7 Å². The van der Waals surface area contributed by atoms with E-state index in [4.69, 9.17) is 4.52 Å². The number of carboxylic acids is 1. The molecule has 0 saturated carbocycles. The Labute approximate surface area is 124 Å². The van der Waals surface area contributed by atoms with E-state index < -0.39 is 12.0 Å². The molecule has 2 heterocycles. The Morgan fingerprint density at radius 2 is 2.33 bits per heavy atom. The Kier molecular flexibility index (Phi) is 4.95. The van der Waals surface area contributed by atoms with Crippen LogP contribution in [0.25, 0.3) is 0 Å². The van der Waals surface area contributed by atoms with Gasteiger partial charge in [0.25, 0.3) is 5.95 Å². The molecule has 1 fully saturated rings. The molecule has 1 aliphatic heterocycles. The minimum atomic E-state index is -1.03. The van der Waals surface area contributed by atoms with Crippen molar-refractivity contribution in [3.8, 4) is 0 Å². The Morgan fingerprint density at radius 1 is 1.57 bits per heavy atom. The molecule has 0 aromatic carbocycles. The minimum Gasteiger partial charge on any atom is -0.544 e. The van der Waals surface area contributed by atoms with Gasteiger partial charge in [-0.3, -0.25) is 0 Å². The van der Waals surface area contributed by atoms with Gasteiger partial charge in [-0.2, -0.15) is 4.98 Å². The van der Waals surface area contributed by atoms with Crippen LogP contribution in [0.1, 0.15) is 26.7 Å². The fourth-order valence-electron chi connectivity index (χ4n) is 2.41. The highest BCUT2D eigenvalue weighted by molar-refractivity contribution is 5.70. The number of piperazine rings is 1. The van der Waals surface area contributed by atoms with Gasteiger partial charge in [-0.05, 0) is 25.1 Å². The molecule has 1 aromatic heterocycles. The first-order chi connectivity index (χ1) is 10.0. The summed E-state index contributed by atoms with van der Waals surface area (Å²) in [5.41, 5.74) is 1.19. The number of rotatable bonds is 5. The van der Waals surface area contributed by atoms with Crippen LogP contribution < -0.4 is 14.9 Å². The van der Waals surface area contributed by atoms with Crippen molar-refractivity contribution >= 4 is 11.9 Å². The van der Waals surface area contributed by atoms with E-state index in [1.54, 1.807) is 0 Å². The van der Waals surface area contributed by atoms with Crippen LogP contribution in [0.4, 0.5) is 5.95 Å². The molecule has 0 amide bonds. The average Bonchev–Trinajstić information content (AvgIpc) is 2.93. The number of hydrogen-bond acceptors (Lipinski definition) is 6. The number of aryl methyl sites for hydroxylation is 1. The number of nitrogens with one attached hydrogen (secondary N) is 1. The van der Waals surface area contributed by atoms with Crippen molar-refractivity contribution < 1.29 is 19.3 Å². The van der Waals surface area contributed by atoms with Gasteiger partial charge in [0.2, 0.25) is 5.89 Å². The number of allylic oxidation sites excluding steroid dienone is 1. The number of quaternary nitrogens is 1. The van der Waals surface area contributed by atoms with Gasteiger partial charge in [0.05, 0.1) is 26.2 Å². The van der Waals surface area contributed by atoms with E-state index >= 15 is 0 Å². The number of anilines is 1. The summed E-state index contributed by atoms with van der Waals surface area (Å²) < 4.78 is 5.09. The van der Waals surface area contributed by atoms with Crippen LogP contribution in [0.2, 0.25) is 0 Å². The lowest BCUT2D eigenvalue weighted by Gasteiger charge is -2.38. The molecular formula is C14H22N4O3. The molecule has 0 bridgehead atoms. The van der Waals surface area contributed by atoms with Crippen LogP contribution in [0.3, 0.4) is 0 Å². The maximum absolute atomic E-state index is 11.4. The predicted molar refractivity (Wildman–Crippen MR) is 74.8 cm³/mol. The van der Waals surface area contributed by atoms with Gasteiger partial charge in [0.15, 0.2) is 0 Å². The number of carbonyl (C=O) groups is 1. The molecule has 1 aliphatic rings. The first-order valence-corrected chi connectivity index (χ1v) is 7.27. The fraction of sp³-hybridized carbons (Fsp3) is 0.643. The standard InChI is InChI=1S/C14H22N4O3/c1-4-12-15-14(16-21-12)18-8-7-17(6-5-10(2)3)11(9-18)13(19)20/h5,11H,4,6-9H2,1-3H3,(H,19,20)/t11-/m0/s1. The third kappa shape index (κ3) is 3.81. The average molecular weight is 294 g/mol. The van der Waals surface area contributed by atoms with E-state index in [0.29, 0.717) is 44.4 Å². The number of aromatic nitrogens is 2. The van der Waals surface area contributed by atoms with Gasteiger partial charge in [-0.1, -0.05) is 12.5 Å². The number of aliphatic carboxylic acids is 1. The second kappa shape index (κ2) is 6.71. The van der Waals surface area contributed by atoms with Gasteiger partial charge >= 0.3 is 0 Å². The summed E-state index contributed by atoms with van der Waals surface area (Å²) in [7, 11) is 0. The lowest BCUT2D eigenvalue weighted by Crippen LogP contribution is -3.20. The first-order valence-electron chi connectivity index (χ1n) is 7.27. The van der Waals surface area contributed by atoms with Crippen molar-refractivity contribution in [2.75, 3.05) is 31.1 Å². The summed E-state index contributed by atoms with van der Waals surface area (Å²) in [6.45, 7) is 8.41. The van der Waals surface area contributed by atoms with E-state index in [1.165, 1.54) is 5.57 Å². The van der Waals surface area contributed by atoms with Crippen LogP contribution >= 0.6 is 0 Å². The van der Waals surface area contributed by atoms with E-state index in [2.05, 4.69) is 16.2 Å². The lowest BCUT2D eigenvalue weighted by molar-refractivity contribution is -0.913. The van der Waals surface area contributed by atoms with Crippen LogP contribution in [0.5, 0.6) is 0 Å². The van der Waals surface area contributed by atoms with Crippen molar-refractivity contribution in [1.82, 2.24) is 10.1 Å². The zero-order chi connectivity index (χ0) is 15.4. The molecule has 7 nitrogen and oxygen atoms in total. The molecule has 21 heavy (non-hydrogen) atoms.